The van der Waals surface area contributed by atoms with Crippen molar-refractivity contribution in [3.05, 3.63) is 188 Å². The van der Waals surface area contributed by atoms with Crippen LogP contribution in [0, 0.1) is 0 Å². The first-order valence-corrected chi connectivity index (χ1v) is 16.9. The molecule has 50 heavy (non-hydrogen) atoms. The topological polar surface area (TPSA) is 38.7 Å². The van der Waals surface area contributed by atoms with Crippen LogP contribution in [0.1, 0.15) is 0 Å². The van der Waals surface area contributed by atoms with Crippen LogP contribution >= 0.6 is 0 Å². The first-order valence-electron chi connectivity index (χ1n) is 16.9. The number of benzene rings is 8. The molecular weight excluding hydrogens is 607 g/mol. The van der Waals surface area contributed by atoms with Crippen LogP contribution < -0.4 is 0 Å². The van der Waals surface area contributed by atoms with Crippen molar-refractivity contribution in [2.75, 3.05) is 0 Å². The third-order valence-electron chi connectivity index (χ3n) is 9.32. The fourth-order valence-electron chi connectivity index (χ4n) is 6.97. The molecule has 0 N–H and O–H groups in total. The van der Waals surface area contributed by atoms with Gasteiger partial charge in [-0.15, -0.1) is 0 Å². The summed E-state index contributed by atoms with van der Waals surface area (Å²) in [7, 11) is 0. The molecule has 0 fully saturated rings. The maximum absolute atomic E-state index is 5.11. The predicted molar refractivity (Wildman–Crippen MR) is 207 cm³/mol. The van der Waals surface area contributed by atoms with Crippen LogP contribution in [-0.2, 0) is 0 Å². The third kappa shape index (κ3) is 5.41. The summed E-state index contributed by atoms with van der Waals surface area (Å²) in [6.45, 7) is 0. The van der Waals surface area contributed by atoms with Gasteiger partial charge in [-0.25, -0.2) is 15.0 Å². The molecule has 3 nitrogen and oxygen atoms in total. The second kappa shape index (κ2) is 12.7. The van der Waals surface area contributed by atoms with Gasteiger partial charge in [0.25, 0.3) is 0 Å². The molecule has 0 saturated carbocycles. The number of hydrogen-bond acceptors (Lipinski definition) is 3. The Morgan fingerprint density at radius 3 is 1.24 bits per heavy atom. The summed E-state index contributed by atoms with van der Waals surface area (Å²) < 4.78 is 0. The number of fused-ring (bicyclic) bond motifs is 2. The monoisotopic (exact) mass is 637 g/mol. The van der Waals surface area contributed by atoms with E-state index in [1.165, 1.54) is 32.7 Å². The minimum atomic E-state index is 0.636. The van der Waals surface area contributed by atoms with E-state index in [1.807, 2.05) is 60.7 Å². The van der Waals surface area contributed by atoms with Crippen molar-refractivity contribution in [1.29, 1.82) is 0 Å². The molecule has 0 saturated heterocycles. The minimum absolute atomic E-state index is 0.636. The van der Waals surface area contributed by atoms with Crippen LogP contribution in [0.2, 0.25) is 0 Å². The molecule has 0 aliphatic rings. The van der Waals surface area contributed by atoms with Gasteiger partial charge in [-0.1, -0.05) is 182 Å². The number of rotatable bonds is 6. The minimum Gasteiger partial charge on any atom is -0.208 e. The standard InChI is InChI=1S/C47H31N3/c1-4-15-33(16-5-1)44-39(32-27-29-34(30-28-32)43-40-23-12-10-21-37(40)31-38-22-11-13-24-41(38)43)25-14-26-42(44)47-49-45(35-17-6-2-7-18-35)48-46(50-47)36-19-8-3-9-20-36/h1-31H. The number of nitrogens with zero attached hydrogens (tertiary/aromatic N) is 3. The SMILES string of the molecule is c1ccc(-c2nc(-c3ccccc3)nc(-c3cccc(-c4ccc(-c5c6ccccc6cc6ccccc56)cc4)c3-c3ccccc3)n2)cc1. The van der Waals surface area contributed by atoms with E-state index in [2.05, 4.69) is 127 Å². The Morgan fingerprint density at radius 1 is 0.260 bits per heavy atom. The zero-order valence-electron chi connectivity index (χ0n) is 27.2. The van der Waals surface area contributed by atoms with Crippen molar-refractivity contribution in [3.8, 4) is 67.5 Å². The number of hydrogen-bond donors (Lipinski definition) is 0. The molecule has 0 aliphatic carbocycles. The molecule has 234 valence electrons. The van der Waals surface area contributed by atoms with E-state index < -0.39 is 0 Å². The molecule has 0 atom stereocenters. The first kappa shape index (κ1) is 29.4. The molecule has 8 aromatic carbocycles. The van der Waals surface area contributed by atoms with Gasteiger partial charge in [-0.05, 0) is 55.4 Å². The van der Waals surface area contributed by atoms with Crippen LogP contribution in [-0.4, -0.2) is 15.0 Å². The molecule has 0 bridgehead atoms. The lowest BCUT2D eigenvalue weighted by Gasteiger charge is -2.17. The summed E-state index contributed by atoms with van der Waals surface area (Å²) >= 11 is 0. The average Bonchev–Trinajstić information content (AvgIpc) is 3.20. The molecule has 1 aromatic heterocycles. The van der Waals surface area contributed by atoms with Gasteiger partial charge in [0.05, 0.1) is 0 Å². The molecule has 9 aromatic rings. The lowest BCUT2D eigenvalue weighted by Crippen LogP contribution is -2.01. The second-order valence-corrected chi connectivity index (χ2v) is 12.4. The third-order valence-corrected chi connectivity index (χ3v) is 9.32. The molecular formula is C47H31N3. The fourth-order valence-corrected chi connectivity index (χ4v) is 6.97. The molecule has 0 unspecified atom stereocenters. The smallest absolute Gasteiger partial charge is 0.164 e. The largest absolute Gasteiger partial charge is 0.208 e. The van der Waals surface area contributed by atoms with Gasteiger partial charge in [0.15, 0.2) is 17.5 Å². The van der Waals surface area contributed by atoms with E-state index in [-0.39, 0.29) is 0 Å². The maximum atomic E-state index is 5.11. The highest BCUT2D eigenvalue weighted by molar-refractivity contribution is 6.12. The van der Waals surface area contributed by atoms with E-state index in [0.29, 0.717) is 17.5 Å². The normalized spacial score (nSPS) is 11.2. The second-order valence-electron chi connectivity index (χ2n) is 12.4. The van der Waals surface area contributed by atoms with E-state index in [9.17, 15) is 0 Å². The van der Waals surface area contributed by atoms with Crippen molar-refractivity contribution in [2.24, 2.45) is 0 Å². The van der Waals surface area contributed by atoms with Crippen LogP contribution in [0.5, 0.6) is 0 Å². The van der Waals surface area contributed by atoms with Crippen LogP contribution in [0.15, 0.2) is 188 Å². The quantitative estimate of drug-likeness (QED) is 0.170. The molecule has 0 radical (unpaired) electrons. The summed E-state index contributed by atoms with van der Waals surface area (Å²) in [6, 6.07) is 65.9. The lowest BCUT2D eigenvalue weighted by atomic mass is 9.88. The van der Waals surface area contributed by atoms with Crippen LogP contribution in [0.3, 0.4) is 0 Å². The Hall–Kier alpha value is -6.71. The van der Waals surface area contributed by atoms with Crippen molar-refractivity contribution >= 4 is 21.5 Å². The predicted octanol–water partition coefficient (Wildman–Crippen LogP) is 12.2. The van der Waals surface area contributed by atoms with Gasteiger partial charge in [-0.2, -0.15) is 0 Å². The average molecular weight is 638 g/mol. The van der Waals surface area contributed by atoms with Gasteiger partial charge in [-0.3, -0.25) is 0 Å². The van der Waals surface area contributed by atoms with Gasteiger partial charge in [0.2, 0.25) is 0 Å². The summed E-state index contributed by atoms with van der Waals surface area (Å²) in [5.41, 5.74) is 9.72. The van der Waals surface area contributed by atoms with E-state index in [1.54, 1.807) is 0 Å². The summed E-state index contributed by atoms with van der Waals surface area (Å²) in [5.74, 6) is 1.92. The molecule has 0 spiro atoms. The van der Waals surface area contributed by atoms with Crippen LogP contribution in [0.4, 0.5) is 0 Å². The fraction of sp³-hybridized carbons (Fsp3) is 0. The Balaban J connectivity index is 1.23. The summed E-state index contributed by atoms with van der Waals surface area (Å²) in [5, 5.41) is 4.99. The molecule has 3 heteroatoms. The highest BCUT2D eigenvalue weighted by Crippen LogP contribution is 2.42. The van der Waals surface area contributed by atoms with Crippen LogP contribution in [0.25, 0.3) is 89.1 Å². The van der Waals surface area contributed by atoms with Crippen molar-refractivity contribution < 1.29 is 0 Å². The molecule has 0 amide bonds. The summed E-state index contributed by atoms with van der Waals surface area (Å²) in [4.78, 5) is 15.2. The Labute approximate surface area is 291 Å². The van der Waals surface area contributed by atoms with E-state index in [0.717, 1.165) is 38.9 Å². The van der Waals surface area contributed by atoms with Gasteiger partial charge in [0.1, 0.15) is 0 Å². The van der Waals surface area contributed by atoms with Gasteiger partial charge in [0, 0.05) is 22.3 Å². The summed E-state index contributed by atoms with van der Waals surface area (Å²) in [6.07, 6.45) is 0. The Morgan fingerprint density at radius 2 is 0.680 bits per heavy atom. The number of aromatic nitrogens is 3. The zero-order valence-corrected chi connectivity index (χ0v) is 27.2. The van der Waals surface area contributed by atoms with Crippen molar-refractivity contribution in [3.63, 3.8) is 0 Å². The van der Waals surface area contributed by atoms with Crippen molar-refractivity contribution in [2.45, 2.75) is 0 Å². The highest BCUT2D eigenvalue weighted by atomic mass is 15.0. The lowest BCUT2D eigenvalue weighted by molar-refractivity contribution is 1.07. The molecule has 9 rings (SSSR count). The molecule has 1 heterocycles. The maximum Gasteiger partial charge on any atom is 0.164 e. The van der Waals surface area contributed by atoms with E-state index in [4.69, 9.17) is 15.0 Å². The highest BCUT2D eigenvalue weighted by Gasteiger charge is 2.19. The van der Waals surface area contributed by atoms with Gasteiger partial charge < -0.3 is 0 Å². The molecule has 0 aliphatic heterocycles. The Kier molecular flexibility index (Phi) is 7.49. The Bertz CT molecular complexity index is 2500. The zero-order chi connectivity index (χ0) is 33.3. The van der Waals surface area contributed by atoms with Crippen molar-refractivity contribution in [1.82, 2.24) is 15.0 Å². The van der Waals surface area contributed by atoms with Gasteiger partial charge >= 0.3 is 0 Å². The first-order chi connectivity index (χ1) is 24.8. The van der Waals surface area contributed by atoms with E-state index >= 15 is 0 Å².